The molecule has 1 atom stereocenters. The van der Waals surface area contributed by atoms with Gasteiger partial charge >= 0.3 is 0 Å². The normalized spacial score (nSPS) is 15.5. The van der Waals surface area contributed by atoms with Crippen LogP contribution in [0.1, 0.15) is 36.1 Å². The minimum atomic E-state index is -0.274. The number of hydrogen-bond acceptors (Lipinski definition) is 2. The highest BCUT2D eigenvalue weighted by Gasteiger charge is 2.27. The third-order valence-corrected chi connectivity index (χ3v) is 4.75. The van der Waals surface area contributed by atoms with Gasteiger partial charge in [-0.15, -0.1) is 0 Å². The molecule has 2 amide bonds. The van der Waals surface area contributed by atoms with Gasteiger partial charge in [-0.05, 0) is 41.3 Å². The van der Waals surface area contributed by atoms with Crippen molar-refractivity contribution < 1.29 is 9.59 Å². The van der Waals surface area contributed by atoms with E-state index in [-0.39, 0.29) is 24.3 Å². The molecular formula is C21H21ClN2O2. The molecule has 0 aromatic heterocycles. The first-order valence-corrected chi connectivity index (χ1v) is 8.99. The quantitative estimate of drug-likeness (QED) is 0.868. The number of amides is 2. The number of carbonyl (C=O) groups is 2. The van der Waals surface area contributed by atoms with Gasteiger partial charge in [0.05, 0.1) is 12.5 Å². The smallest absolute Gasteiger partial charge is 0.223 e. The van der Waals surface area contributed by atoms with Crippen LogP contribution in [-0.4, -0.2) is 23.3 Å². The van der Waals surface area contributed by atoms with Crippen molar-refractivity contribution in [1.29, 1.82) is 0 Å². The third kappa shape index (κ3) is 4.33. The predicted octanol–water partition coefficient (Wildman–Crippen LogP) is 3.96. The molecule has 0 unspecified atom stereocenters. The van der Waals surface area contributed by atoms with Gasteiger partial charge in [0.2, 0.25) is 11.8 Å². The van der Waals surface area contributed by atoms with Gasteiger partial charge in [-0.2, -0.15) is 0 Å². The molecule has 1 aliphatic heterocycles. The Balaban J connectivity index is 1.62. The van der Waals surface area contributed by atoms with Crippen LogP contribution in [0.15, 0.2) is 54.7 Å². The van der Waals surface area contributed by atoms with Crippen LogP contribution in [0.5, 0.6) is 0 Å². The van der Waals surface area contributed by atoms with Gasteiger partial charge in [0, 0.05) is 24.7 Å². The van der Waals surface area contributed by atoms with Crippen LogP contribution < -0.4 is 5.32 Å². The van der Waals surface area contributed by atoms with Crippen molar-refractivity contribution in [3.05, 3.63) is 76.4 Å². The molecule has 0 spiro atoms. The van der Waals surface area contributed by atoms with E-state index in [2.05, 4.69) is 5.32 Å². The first-order chi connectivity index (χ1) is 12.5. The van der Waals surface area contributed by atoms with Gasteiger partial charge in [-0.1, -0.05) is 48.0 Å². The molecule has 5 heteroatoms. The number of rotatable bonds is 5. The maximum atomic E-state index is 12.4. The van der Waals surface area contributed by atoms with Crippen molar-refractivity contribution in [2.45, 2.75) is 25.8 Å². The number of nitrogens with zero attached hydrogens (tertiary/aromatic N) is 1. The van der Waals surface area contributed by atoms with Gasteiger partial charge in [0.1, 0.15) is 0 Å². The predicted molar refractivity (Wildman–Crippen MR) is 104 cm³/mol. The lowest BCUT2D eigenvalue weighted by molar-refractivity contribution is -0.129. The highest BCUT2D eigenvalue weighted by atomic mass is 35.5. The Morgan fingerprint density at radius 2 is 1.85 bits per heavy atom. The fourth-order valence-electron chi connectivity index (χ4n) is 3.16. The molecule has 0 saturated heterocycles. The minimum Gasteiger partial charge on any atom is -0.356 e. The second-order valence-corrected chi connectivity index (χ2v) is 6.75. The van der Waals surface area contributed by atoms with E-state index in [4.69, 9.17) is 11.6 Å². The number of halogens is 1. The molecule has 134 valence electrons. The van der Waals surface area contributed by atoms with Gasteiger partial charge in [0.15, 0.2) is 0 Å². The number of fused-ring (bicyclic) bond motifs is 1. The monoisotopic (exact) mass is 368 g/mol. The third-order valence-electron chi connectivity index (χ3n) is 4.50. The van der Waals surface area contributed by atoms with E-state index in [1.54, 1.807) is 11.1 Å². The average Bonchev–Trinajstić information content (AvgIpc) is 2.63. The van der Waals surface area contributed by atoms with E-state index in [0.29, 0.717) is 11.6 Å². The topological polar surface area (TPSA) is 49.4 Å². The molecule has 0 fully saturated rings. The van der Waals surface area contributed by atoms with Gasteiger partial charge in [-0.25, -0.2) is 0 Å². The summed E-state index contributed by atoms with van der Waals surface area (Å²) >= 11 is 5.88. The molecule has 2 aromatic rings. The molecule has 0 aliphatic carbocycles. The zero-order valence-corrected chi connectivity index (χ0v) is 15.4. The molecule has 26 heavy (non-hydrogen) atoms. The maximum absolute atomic E-state index is 12.4. The van der Waals surface area contributed by atoms with E-state index < -0.39 is 0 Å². The lowest BCUT2D eigenvalue weighted by Crippen LogP contribution is -2.35. The van der Waals surface area contributed by atoms with Crippen LogP contribution in [0, 0.1) is 0 Å². The second-order valence-electron chi connectivity index (χ2n) is 6.32. The highest BCUT2D eigenvalue weighted by Crippen LogP contribution is 2.32. The van der Waals surface area contributed by atoms with Crippen molar-refractivity contribution in [3.8, 4) is 0 Å². The van der Waals surface area contributed by atoms with E-state index in [9.17, 15) is 9.59 Å². The van der Waals surface area contributed by atoms with Crippen molar-refractivity contribution in [2.75, 3.05) is 6.54 Å². The molecule has 3 rings (SSSR count). The number of carbonyl (C=O) groups excluding carboxylic acids is 2. The average molecular weight is 369 g/mol. The summed E-state index contributed by atoms with van der Waals surface area (Å²) in [5.41, 5.74) is 3.16. The maximum Gasteiger partial charge on any atom is 0.223 e. The van der Waals surface area contributed by atoms with Crippen LogP contribution in [0.2, 0.25) is 5.02 Å². The Hall–Kier alpha value is -2.59. The van der Waals surface area contributed by atoms with Crippen LogP contribution in [0.25, 0.3) is 6.08 Å². The summed E-state index contributed by atoms with van der Waals surface area (Å²) in [7, 11) is 0. The Bertz CT molecular complexity index is 830. The summed E-state index contributed by atoms with van der Waals surface area (Å²) in [5, 5.41) is 3.65. The fourth-order valence-corrected chi connectivity index (χ4v) is 3.28. The Morgan fingerprint density at radius 3 is 2.58 bits per heavy atom. The van der Waals surface area contributed by atoms with Crippen LogP contribution in [0.4, 0.5) is 0 Å². The standard InChI is InChI=1S/C21H21ClN2O2/c1-15(25)24-13-11-17-4-2-3-5-19(17)20(24)14-21(26)23-12-10-16-6-8-18(22)9-7-16/h2-9,11,13,20H,10,12,14H2,1H3,(H,23,26)/t20-/m0/s1. The van der Waals surface area contributed by atoms with E-state index >= 15 is 0 Å². The molecule has 4 nitrogen and oxygen atoms in total. The minimum absolute atomic E-state index is 0.0692. The van der Waals surface area contributed by atoms with Gasteiger partial charge < -0.3 is 10.2 Å². The Morgan fingerprint density at radius 1 is 1.12 bits per heavy atom. The van der Waals surface area contributed by atoms with Crippen molar-refractivity contribution in [3.63, 3.8) is 0 Å². The van der Waals surface area contributed by atoms with Gasteiger partial charge in [0.25, 0.3) is 0 Å². The van der Waals surface area contributed by atoms with Crippen LogP contribution in [0.3, 0.4) is 0 Å². The highest BCUT2D eigenvalue weighted by molar-refractivity contribution is 6.30. The molecule has 0 radical (unpaired) electrons. The SMILES string of the molecule is CC(=O)N1C=Cc2ccccc2[C@@H]1CC(=O)NCCc1ccc(Cl)cc1. The van der Waals surface area contributed by atoms with E-state index in [1.165, 1.54) is 6.92 Å². The molecule has 0 saturated carbocycles. The molecule has 1 aliphatic rings. The molecule has 2 aromatic carbocycles. The summed E-state index contributed by atoms with van der Waals surface area (Å²) in [6, 6.07) is 15.2. The first kappa shape index (κ1) is 18.2. The largest absolute Gasteiger partial charge is 0.356 e. The molecule has 1 N–H and O–H groups in total. The van der Waals surface area contributed by atoms with Crippen molar-refractivity contribution in [2.24, 2.45) is 0 Å². The number of hydrogen-bond donors (Lipinski definition) is 1. The van der Waals surface area contributed by atoms with Crippen LogP contribution in [-0.2, 0) is 16.0 Å². The first-order valence-electron chi connectivity index (χ1n) is 8.62. The summed E-state index contributed by atoms with van der Waals surface area (Å²) < 4.78 is 0. The summed E-state index contributed by atoms with van der Waals surface area (Å²) in [6.45, 7) is 2.06. The Labute approximate surface area is 158 Å². The summed E-state index contributed by atoms with van der Waals surface area (Å²) in [4.78, 5) is 26.0. The number of benzene rings is 2. The van der Waals surface area contributed by atoms with Crippen molar-refractivity contribution in [1.82, 2.24) is 10.2 Å². The van der Waals surface area contributed by atoms with E-state index in [1.807, 2.05) is 54.6 Å². The molecule has 1 heterocycles. The van der Waals surface area contributed by atoms with Crippen LogP contribution >= 0.6 is 11.6 Å². The summed E-state index contributed by atoms with van der Waals surface area (Å²) in [6.07, 6.45) is 4.64. The lowest BCUT2D eigenvalue weighted by Gasteiger charge is -2.32. The van der Waals surface area contributed by atoms with Crippen molar-refractivity contribution >= 4 is 29.5 Å². The number of nitrogens with one attached hydrogen (secondary N) is 1. The second kappa shape index (κ2) is 8.19. The molecular weight excluding hydrogens is 348 g/mol. The zero-order chi connectivity index (χ0) is 18.5. The Kier molecular flexibility index (Phi) is 5.74. The lowest BCUT2D eigenvalue weighted by atomic mass is 9.93. The fraction of sp³-hybridized carbons (Fsp3) is 0.238. The zero-order valence-electron chi connectivity index (χ0n) is 14.6. The summed E-state index contributed by atoms with van der Waals surface area (Å²) in [5.74, 6) is -0.143. The van der Waals surface area contributed by atoms with Gasteiger partial charge in [-0.3, -0.25) is 9.59 Å². The molecule has 0 bridgehead atoms. The van der Waals surface area contributed by atoms with E-state index in [0.717, 1.165) is 23.1 Å².